The molecule has 0 aliphatic carbocycles. The Balaban J connectivity index is 2.62. The number of carbonyl (C=O) groups excluding carboxylic acids is 1. The zero-order valence-electron chi connectivity index (χ0n) is 10.5. The molecule has 0 aliphatic rings. The minimum absolute atomic E-state index is 0.0614. The number of carbonyl (C=O) groups is 1. The molecule has 0 radical (unpaired) electrons. The molecule has 0 saturated heterocycles. The molecule has 7 nitrogen and oxygen atoms in total. The largest absolute Gasteiger partial charge is 0.360 e. The van der Waals surface area contributed by atoms with Gasteiger partial charge in [-0.2, -0.15) is 0 Å². The van der Waals surface area contributed by atoms with Gasteiger partial charge in [-0.3, -0.25) is 4.79 Å². The Labute approximate surface area is 110 Å². The lowest BCUT2D eigenvalue weighted by atomic mass is 10.5. The second kappa shape index (κ2) is 6.10. The van der Waals surface area contributed by atoms with E-state index in [0.29, 0.717) is 11.7 Å². The smallest absolute Gasteiger partial charge is 0.284 e. The van der Waals surface area contributed by atoms with E-state index in [2.05, 4.69) is 15.5 Å². The van der Waals surface area contributed by atoms with E-state index in [9.17, 15) is 13.2 Å². The molecule has 9 heteroatoms. The zero-order chi connectivity index (χ0) is 13.8. The van der Waals surface area contributed by atoms with Gasteiger partial charge in [0.1, 0.15) is 9.84 Å². The fraction of sp³-hybridized carbons (Fsp3) is 0.667. The summed E-state index contributed by atoms with van der Waals surface area (Å²) < 4.78 is 22.0. The summed E-state index contributed by atoms with van der Waals surface area (Å²) in [6, 6.07) is 0. The van der Waals surface area contributed by atoms with Gasteiger partial charge in [0, 0.05) is 26.4 Å². The first-order chi connectivity index (χ1) is 8.33. The number of hydrogen-bond donors (Lipinski definition) is 1. The molecule has 0 unspecified atom stereocenters. The van der Waals surface area contributed by atoms with Gasteiger partial charge in [0.25, 0.3) is 5.91 Å². The molecule has 0 saturated carbocycles. The summed E-state index contributed by atoms with van der Waals surface area (Å²) >= 11 is 1.15. The molecule has 1 rings (SSSR count). The molecule has 0 aromatic carbocycles. The van der Waals surface area contributed by atoms with Gasteiger partial charge in [0.2, 0.25) is 10.1 Å². The van der Waals surface area contributed by atoms with Crippen molar-refractivity contribution in [1.82, 2.24) is 15.1 Å². The Morgan fingerprint density at radius 1 is 1.44 bits per heavy atom. The van der Waals surface area contributed by atoms with E-state index in [-0.39, 0.29) is 23.2 Å². The third-order valence-electron chi connectivity index (χ3n) is 2.08. The second-order valence-electron chi connectivity index (χ2n) is 3.80. The third-order valence-corrected chi connectivity index (χ3v) is 3.87. The Hall–Kier alpha value is -1.22. The highest BCUT2D eigenvalue weighted by molar-refractivity contribution is 7.90. The number of sulfone groups is 1. The zero-order valence-corrected chi connectivity index (χ0v) is 12.1. The molecule has 1 aromatic heterocycles. The van der Waals surface area contributed by atoms with Crippen molar-refractivity contribution in [2.75, 3.05) is 37.5 Å². The molecular formula is C9H16N4O3S2. The molecule has 18 heavy (non-hydrogen) atoms. The van der Waals surface area contributed by atoms with Crippen LogP contribution in [0.3, 0.4) is 0 Å². The number of rotatable bonds is 6. The Morgan fingerprint density at radius 3 is 2.67 bits per heavy atom. The Bertz CT molecular complexity index is 512. The van der Waals surface area contributed by atoms with Crippen molar-refractivity contribution in [3.8, 4) is 0 Å². The summed E-state index contributed by atoms with van der Waals surface area (Å²) in [5.74, 6) is -0.381. The molecule has 1 aromatic rings. The summed E-state index contributed by atoms with van der Waals surface area (Å²) in [7, 11) is -1.53. The van der Waals surface area contributed by atoms with Gasteiger partial charge in [-0.1, -0.05) is 11.3 Å². The van der Waals surface area contributed by atoms with E-state index >= 15 is 0 Å². The van der Waals surface area contributed by atoms with Gasteiger partial charge >= 0.3 is 0 Å². The first kappa shape index (κ1) is 14.8. The molecule has 0 aliphatic heterocycles. The summed E-state index contributed by atoms with van der Waals surface area (Å²) in [5, 5.41) is 11.4. The highest BCUT2D eigenvalue weighted by Gasteiger charge is 2.18. The average molecular weight is 292 g/mol. The standard InChI is InChI=1S/C9H16N4O3S2/c1-4-10-9-12-11-7(17-9)8(14)13(2)5-6-18(3,15)16/h4-6H2,1-3H3,(H,10,12). The van der Waals surface area contributed by atoms with Crippen LogP contribution in [0.4, 0.5) is 5.13 Å². The summed E-state index contributed by atoms with van der Waals surface area (Å²) in [4.78, 5) is 13.2. The van der Waals surface area contributed by atoms with Crippen LogP contribution >= 0.6 is 11.3 Å². The summed E-state index contributed by atoms with van der Waals surface area (Å²) in [6.07, 6.45) is 1.14. The quantitative estimate of drug-likeness (QED) is 0.798. The topological polar surface area (TPSA) is 92.3 Å². The molecule has 1 amide bonds. The van der Waals surface area contributed by atoms with Crippen LogP contribution in [0, 0.1) is 0 Å². The molecule has 102 valence electrons. The third kappa shape index (κ3) is 4.57. The predicted octanol–water partition coefficient (Wildman–Crippen LogP) is 0.0865. The lowest BCUT2D eigenvalue weighted by Crippen LogP contribution is -2.31. The van der Waals surface area contributed by atoms with Crippen molar-refractivity contribution in [2.45, 2.75) is 6.92 Å². The van der Waals surface area contributed by atoms with Crippen LogP contribution in [0.1, 0.15) is 16.7 Å². The van der Waals surface area contributed by atoms with Gasteiger partial charge in [-0.15, -0.1) is 10.2 Å². The van der Waals surface area contributed by atoms with Crippen LogP contribution in [0.2, 0.25) is 0 Å². The van der Waals surface area contributed by atoms with Crippen molar-refractivity contribution < 1.29 is 13.2 Å². The van der Waals surface area contributed by atoms with Crippen LogP contribution < -0.4 is 5.32 Å². The lowest BCUT2D eigenvalue weighted by molar-refractivity contribution is 0.0802. The van der Waals surface area contributed by atoms with Crippen molar-refractivity contribution in [3.63, 3.8) is 0 Å². The maximum absolute atomic E-state index is 11.9. The number of nitrogens with zero attached hydrogens (tertiary/aromatic N) is 3. The molecule has 1 heterocycles. The first-order valence-electron chi connectivity index (χ1n) is 5.34. The fourth-order valence-corrected chi connectivity index (χ4v) is 2.51. The molecule has 1 N–H and O–H groups in total. The molecule has 0 spiro atoms. The van der Waals surface area contributed by atoms with Gasteiger partial charge in [-0.05, 0) is 6.92 Å². The predicted molar refractivity (Wildman–Crippen MR) is 70.7 cm³/mol. The lowest BCUT2D eigenvalue weighted by Gasteiger charge is -2.14. The van der Waals surface area contributed by atoms with Crippen LogP contribution in [-0.4, -0.2) is 61.6 Å². The van der Waals surface area contributed by atoms with E-state index in [1.165, 1.54) is 4.90 Å². The summed E-state index contributed by atoms with van der Waals surface area (Å²) in [5.41, 5.74) is 0. The number of nitrogens with one attached hydrogen (secondary N) is 1. The van der Waals surface area contributed by atoms with E-state index in [1.807, 2.05) is 6.92 Å². The normalized spacial score (nSPS) is 11.3. The van der Waals surface area contributed by atoms with Gasteiger partial charge in [0.05, 0.1) is 5.75 Å². The number of amides is 1. The van der Waals surface area contributed by atoms with E-state index in [4.69, 9.17) is 0 Å². The fourth-order valence-electron chi connectivity index (χ4n) is 1.10. The van der Waals surface area contributed by atoms with E-state index in [1.54, 1.807) is 7.05 Å². The van der Waals surface area contributed by atoms with Crippen LogP contribution in [-0.2, 0) is 9.84 Å². The van der Waals surface area contributed by atoms with Crippen molar-refractivity contribution in [1.29, 1.82) is 0 Å². The van der Waals surface area contributed by atoms with Crippen LogP contribution in [0.25, 0.3) is 0 Å². The maximum atomic E-state index is 11.9. The number of aromatic nitrogens is 2. The second-order valence-corrected chi connectivity index (χ2v) is 7.04. The van der Waals surface area contributed by atoms with Gasteiger partial charge in [0.15, 0.2) is 0 Å². The van der Waals surface area contributed by atoms with E-state index < -0.39 is 9.84 Å². The van der Waals surface area contributed by atoms with Gasteiger partial charge in [-0.25, -0.2) is 8.42 Å². The summed E-state index contributed by atoms with van der Waals surface area (Å²) in [6.45, 7) is 2.77. The molecule has 0 atom stereocenters. The minimum Gasteiger partial charge on any atom is -0.360 e. The number of hydrogen-bond acceptors (Lipinski definition) is 7. The highest BCUT2D eigenvalue weighted by Crippen LogP contribution is 2.16. The minimum atomic E-state index is -3.08. The van der Waals surface area contributed by atoms with Gasteiger partial charge < -0.3 is 10.2 Å². The Morgan fingerprint density at radius 2 is 2.11 bits per heavy atom. The van der Waals surface area contributed by atoms with Crippen molar-refractivity contribution >= 4 is 32.2 Å². The maximum Gasteiger partial charge on any atom is 0.284 e. The SMILES string of the molecule is CCNc1nnc(C(=O)N(C)CCS(C)(=O)=O)s1. The molecule has 0 fully saturated rings. The van der Waals surface area contributed by atoms with Crippen molar-refractivity contribution in [3.05, 3.63) is 5.01 Å². The van der Waals surface area contributed by atoms with Crippen LogP contribution in [0.15, 0.2) is 0 Å². The molecule has 0 bridgehead atoms. The number of anilines is 1. The van der Waals surface area contributed by atoms with E-state index in [0.717, 1.165) is 17.6 Å². The monoisotopic (exact) mass is 292 g/mol. The average Bonchev–Trinajstić information content (AvgIpc) is 2.73. The highest BCUT2D eigenvalue weighted by atomic mass is 32.2. The first-order valence-corrected chi connectivity index (χ1v) is 8.21. The Kier molecular flexibility index (Phi) is 5.03. The molecular weight excluding hydrogens is 276 g/mol. The van der Waals surface area contributed by atoms with Crippen molar-refractivity contribution in [2.24, 2.45) is 0 Å². The van der Waals surface area contributed by atoms with Crippen LogP contribution in [0.5, 0.6) is 0 Å².